The van der Waals surface area contributed by atoms with Crippen molar-refractivity contribution in [2.45, 2.75) is 38.6 Å². The van der Waals surface area contributed by atoms with Crippen molar-refractivity contribution >= 4 is 47.7 Å². The van der Waals surface area contributed by atoms with Crippen molar-refractivity contribution in [2.75, 3.05) is 27.1 Å². The van der Waals surface area contributed by atoms with Gasteiger partial charge in [0.05, 0.1) is 17.1 Å². The molecule has 1 N–H and O–H groups in total. The van der Waals surface area contributed by atoms with Crippen LogP contribution in [0.2, 0.25) is 5.02 Å². The molecule has 0 radical (unpaired) electrons. The topological polar surface area (TPSA) is 116 Å². The molecule has 14 heteroatoms. The normalized spacial score (nSPS) is 17.2. The molecule has 1 fully saturated rings. The van der Waals surface area contributed by atoms with Gasteiger partial charge < -0.3 is 28.6 Å². The molecule has 0 bridgehead atoms. The highest BCUT2D eigenvalue weighted by atomic mass is 35.5. The summed E-state index contributed by atoms with van der Waals surface area (Å²) in [6.45, 7) is 0.600. The van der Waals surface area contributed by atoms with Gasteiger partial charge in [0.15, 0.2) is 12.1 Å². The van der Waals surface area contributed by atoms with E-state index in [1.165, 1.54) is 50.1 Å². The fraction of sp³-hybridized carbons (Fsp3) is 0.370. The van der Waals surface area contributed by atoms with Crippen LogP contribution in [0.3, 0.4) is 0 Å². The van der Waals surface area contributed by atoms with Gasteiger partial charge in [0, 0.05) is 56.0 Å². The van der Waals surface area contributed by atoms with E-state index in [1.54, 1.807) is 18.2 Å². The molecule has 1 aliphatic heterocycles. The molecule has 0 saturated carbocycles. The quantitative estimate of drug-likeness (QED) is 0.247. The molecule has 220 valence electrons. The van der Waals surface area contributed by atoms with Crippen molar-refractivity contribution in [1.82, 2.24) is 14.8 Å². The first-order chi connectivity index (χ1) is 19.5. The summed E-state index contributed by atoms with van der Waals surface area (Å²) >= 11 is 5.80. The third kappa shape index (κ3) is 6.78. The fourth-order valence-electron chi connectivity index (χ4n) is 4.64. The van der Waals surface area contributed by atoms with Crippen LogP contribution in [-0.2, 0) is 36.3 Å². The molecule has 2 atom stereocenters. The summed E-state index contributed by atoms with van der Waals surface area (Å²) in [5.41, 5.74) is 0.958. The number of carbonyl (C=O) groups is 3. The molecule has 41 heavy (non-hydrogen) atoms. The summed E-state index contributed by atoms with van der Waals surface area (Å²) in [4.78, 5) is 39.8. The number of ether oxygens (including phenoxy) is 1. The Labute approximate surface area is 240 Å². The molecule has 0 aliphatic carbocycles. The molecule has 10 nitrogen and oxygen atoms in total. The van der Waals surface area contributed by atoms with Gasteiger partial charge in [-0.3, -0.25) is 18.9 Å². The number of alkyl halides is 1. The lowest BCUT2D eigenvalue weighted by atomic mass is 10.1. The predicted octanol–water partition coefficient (Wildman–Crippen LogP) is 4.71. The number of halogens is 3. The van der Waals surface area contributed by atoms with Crippen LogP contribution in [0.1, 0.15) is 29.3 Å². The lowest BCUT2D eigenvalue weighted by Gasteiger charge is -2.24. The van der Waals surface area contributed by atoms with Crippen LogP contribution in [0, 0.1) is 5.82 Å². The first-order valence-electron chi connectivity index (χ1n) is 12.6. The monoisotopic (exact) mass is 611 g/mol. The van der Waals surface area contributed by atoms with Crippen LogP contribution in [0.4, 0.5) is 8.78 Å². The molecule has 1 aliphatic rings. The van der Waals surface area contributed by atoms with Crippen molar-refractivity contribution < 1.29 is 41.5 Å². The molecule has 2 heterocycles. The largest absolute Gasteiger partial charge is 0.481 e. The van der Waals surface area contributed by atoms with Crippen molar-refractivity contribution in [3.8, 4) is 5.75 Å². The van der Waals surface area contributed by atoms with Gasteiger partial charge in [-0.15, -0.1) is 0 Å². The molecule has 1 saturated heterocycles. The van der Waals surface area contributed by atoms with Crippen LogP contribution in [0.15, 0.2) is 42.6 Å². The highest BCUT2D eigenvalue weighted by Gasteiger charge is 2.40. The second kappa shape index (κ2) is 12.7. The van der Waals surface area contributed by atoms with Gasteiger partial charge >= 0.3 is 7.60 Å². The molecule has 2 aromatic carbocycles. The van der Waals surface area contributed by atoms with E-state index in [9.17, 15) is 27.7 Å². The van der Waals surface area contributed by atoms with Gasteiger partial charge in [-0.2, -0.15) is 0 Å². The van der Waals surface area contributed by atoms with E-state index in [-0.39, 0.29) is 54.5 Å². The first-order valence-corrected chi connectivity index (χ1v) is 14.7. The number of nitrogens with one attached hydrogen (secondary N) is 1. The molecular weight excluding hydrogens is 583 g/mol. The summed E-state index contributed by atoms with van der Waals surface area (Å²) in [5.74, 6) is -1.82. The Bertz CT molecular complexity index is 1520. The minimum absolute atomic E-state index is 0.0953. The Balaban J connectivity index is 1.54. The first kappa shape index (κ1) is 30.6. The van der Waals surface area contributed by atoms with E-state index in [1.807, 2.05) is 0 Å². The van der Waals surface area contributed by atoms with Crippen LogP contribution in [0.5, 0.6) is 5.75 Å². The van der Waals surface area contributed by atoms with Crippen molar-refractivity contribution in [3.63, 3.8) is 0 Å². The maximum atomic E-state index is 14.5. The van der Waals surface area contributed by atoms with Crippen LogP contribution < -0.4 is 10.1 Å². The van der Waals surface area contributed by atoms with Crippen LogP contribution >= 0.6 is 19.2 Å². The van der Waals surface area contributed by atoms with Crippen molar-refractivity contribution in [1.29, 1.82) is 0 Å². The molecule has 4 rings (SSSR count). The highest BCUT2D eigenvalue weighted by Crippen LogP contribution is 2.46. The number of Topliss-reactive ketones (excluding diaryl/α,β-unsaturated/α-hetero) is 1. The zero-order valence-corrected chi connectivity index (χ0v) is 24.2. The summed E-state index contributed by atoms with van der Waals surface area (Å²) in [6, 6.07) is 8.04. The van der Waals surface area contributed by atoms with Gasteiger partial charge in [0.2, 0.25) is 11.8 Å². The Kier molecular flexibility index (Phi) is 9.48. The zero-order chi connectivity index (χ0) is 29.9. The summed E-state index contributed by atoms with van der Waals surface area (Å²) in [7, 11) is -1.000. The van der Waals surface area contributed by atoms with E-state index >= 15 is 0 Å². The number of hydrogen-bond donors (Lipinski definition) is 1. The summed E-state index contributed by atoms with van der Waals surface area (Å²) in [6.07, 6.45) is -0.502. The third-order valence-electron chi connectivity index (χ3n) is 6.84. The van der Waals surface area contributed by atoms with Gasteiger partial charge in [-0.25, -0.2) is 8.78 Å². The summed E-state index contributed by atoms with van der Waals surface area (Å²) in [5, 5.41) is 3.01. The SMILES string of the molecule is COP(=O)(COc1ccc2c(C(C)=O)cn(CC(=O)N3C[C@H](F)C[C@H]3C(=O)NCc3cccc(Cl)c3F)c2c1)OC. The average Bonchev–Trinajstić information content (AvgIpc) is 3.53. The van der Waals surface area contributed by atoms with E-state index in [4.69, 9.17) is 25.4 Å². The number of fused-ring (bicyclic) bond motifs is 1. The Hall–Kier alpha value is -3.31. The summed E-state index contributed by atoms with van der Waals surface area (Å²) < 4.78 is 57.9. The standard InChI is InChI=1S/C27H29ClF2N3O7P/c1-16(34)21-13-32(23-10-19(7-8-20(21)23)40-15-41(37,38-2)39-3)14-25(35)33-12-18(29)9-24(33)27(36)31-11-17-5-4-6-22(28)26(17)30/h4-8,10,13,18,24H,9,11-12,14-15H2,1-3H3,(H,31,36)/t18-,24+/m1/s1. The van der Waals surface area contributed by atoms with Crippen LogP contribution in [-0.4, -0.2) is 66.4 Å². The Morgan fingerprint density at radius 3 is 2.59 bits per heavy atom. The van der Waals surface area contributed by atoms with E-state index < -0.39 is 37.4 Å². The molecule has 0 spiro atoms. The van der Waals surface area contributed by atoms with Gasteiger partial charge in [-0.1, -0.05) is 23.7 Å². The fourth-order valence-corrected chi connectivity index (χ4v) is 5.50. The second-order valence-electron chi connectivity index (χ2n) is 9.48. The minimum atomic E-state index is -3.46. The number of benzene rings is 2. The third-order valence-corrected chi connectivity index (χ3v) is 8.69. The van der Waals surface area contributed by atoms with Crippen molar-refractivity contribution in [2.24, 2.45) is 0 Å². The maximum absolute atomic E-state index is 14.5. The van der Waals surface area contributed by atoms with E-state index in [2.05, 4.69) is 5.32 Å². The molecule has 1 aromatic heterocycles. The molecular formula is C27H29ClF2N3O7P. The molecule has 0 unspecified atom stereocenters. The molecule has 2 amide bonds. The van der Waals surface area contributed by atoms with Crippen LogP contribution in [0.25, 0.3) is 10.9 Å². The number of likely N-dealkylation sites (tertiary alicyclic amines) is 1. The lowest BCUT2D eigenvalue weighted by molar-refractivity contribution is -0.139. The maximum Gasteiger partial charge on any atom is 0.367 e. The number of rotatable bonds is 11. The zero-order valence-electron chi connectivity index (χ0n) is 22.6. The van der Waals surface area contributed by atoms with E-state index in [0.717, 1.165) is 4.90 Å². The van der Waals surface area contributed by atoms with Gasteiger partial charge in [-0.05, 0) is 25.1 Å². The Morgan fingerprint density at radius 1 is 1.17 bits per heavy atom. The number of nitrogens with zero attached hydrogens (tertiary/aromatic N) is 2. The number of carbonyl (C=O) groups excluding carboxylic acids is 3. The predicted molar refractivity (Wildman–Crippen MR) is 147 cm³/mol. The van der Waals surface area contributed by atoms with Crippen molar-refractivity contribution in [3.05, 3.63) is 64.6 Å². The molecule has 3 aromatic rings. The number of ketones is 1. The average molecular weight is 612 g/mol. The number of aromatic nitrogens is 1. The number of hydrogen-bond acceptors (Lipinski definition) is 7. The highest BCUT2D eigenvalue weighted by molar-refractivity contribution is 7.53. The lowest BCUT2D eigenvalue weighted by Crippen LogP contribution is -2.46. The smallest absolute Gasteiger partial charge is 0.367 e. The van der Waals surface area contributed by atoms with E-state index in [0.29, 0.717) is 16.5 Å². The van der Waals surface area contributed by atoms with Gasteiger partial charge in [0.1, 0.15) is 30.3 Å². The second-order valence-corrected chi connectivity index (χ2v) is 12.1. The van der Waals surface area contributed by atoms with Gasteiger partial charge in [0.25, 0.3) is 0 Å². The number of amides is 2. The minimum Gasteiger partial charge on any atom is -0.481 e. The Morgan fingerprint density at radius 2 is 1.90 bits per heavy atom.